The van der Waals surface area contributed by atoms with Gasteiger partial charge >= 0.3 is 0 Å². The lowest BCUT2D eigenvalue weighted by Crippen LogP contribution is -1.98. The molecule has 0 aliphatic carbocycles. The summed E-state index contributed by atoms with van der Waals surface area (Å²) in [5.74, 6) is 0. The molecule has 0 fully saturated rings. The average molecular weight is 365 g/mol. The fraction of sp³-hybridized carbons (Fsp3) is 0.0667. The Morgan fingerprint density at radius 3 is 2.61 bits per heavy atom. The first-order valence-electron chi connectivity index (χ1n) is 5.77. The van der Waals surface area contributed by atoms with Crippen molar-refractivity contribution in [2.75, 3.05) is 5.32 Å². The molecule has 0 amide bonds. The van der Waals surface area contributed by atoms with Gasteiger partial charge in [-0.15, -0.1) is 11.3 Å². The van der Waals surface area contributed by atoms with Crippen LogP contribution in [0.25, 0.3) is 10.1 Å². The van der Waals surface area contributed by atoms with Crippen molar-refractivity contribution in [1.82, 2.24) is 0 Å². The fourth-order valence-corrected chi connectivity index (χ4v) is 3.26. The zero-order valence-electron chi connectivity index (χ0n) is 9.69. The Hall–Kier alpha value is -1.07. The van der Waals surface area contributed by atoms with Crippen molar-refractivity contribution in [2.24, 2.45) is 0 Å². The van der Waals surface area contributed by atoms with Gasteiger partial charge in [-0.25, -0.2) is 0 Å². The molecule has 0 saturated heterocycles. The van der Waals surface area contributed by atoms with E-state index in [0.29, 0.717) is 0 Å². The summed E-state index contributed by atoms with van der Waals surface area (Å²) in [5, 5.41) is 7.07. The summed E-state index contributed by atoms with van der Waals surface area (Å²) in [6.07, 6.45) is 0. The fourth-order valence-electron chi connectivity index (χ4n) is 1.93. The van der Waals surface area contributed by atoms with Crippen LogP contribution in [-0.2, 0) is 6.54 Å². The molecule has 1 aromatic heterocycles. The third kappa shape index (κ3) is 2.52. The van der Waals surface area contributed by atoms with Crippen molar-refractivity contribution < 1.29 is 0 Å². The normalized spacial score (nSPS) is 10.7. The van der Waals surface area contributed by atoms with Crippen LogP contribution in [0.2, 0.25) is 0 Å². The molecule has 0 atom stereocenters. The highest BCUT2D eigenvalue weighted by Gasteiger charge is 2.02. The van der Waals surface area contributed by atoms with Gasteiger partial charge in [0.05, 0.1) is 0 Å². The molecule has 90 valence electrons. The molecular formula is C15H12INS. The first kappa shape index (κ1) is 12.0. The van der Waals surface area contributed by atoms with E-state index in [0.717, 1.165) is 6.54 Å². The van der Waals surface area contributed by atoms with Gasteiger partial charge in [-0.1, -0.05) is 18.2 Å². The van der Waals surface area contributed by atoms with Gasteiger partial charge in [0.25, 0.3) is 0 Å². The Bertz CT molecular complexity index is 658. The van der Waals surface area contributed by atoms with Gasteiger partial charge in [0.15, 0.2) is 0 Å². The molecule has 0 spiro atoms. The second kappa shape index (κ2) is 5.28. The molecule has 0 unspecified atom stereocenters. The van der Waals surface area contributed by atoms with Gasteiger partial charge < -0.3 is 5.32 Å². The van der Waals surface area contributed by atoms with Crippen molar-refractivity contribution in [2.45, 2.75) is 6.54 Å². The summed E-state index contributed by atoms with van der Waals surface area (Å²) in [6.45, 7) is 0.880. The molecular weight excluding hydrogens is 353 g/mol. The van der Waals surface area contributed by atoms with Crippen LogP contribution in [0.3, 0.4) is 0 Å². The molecule has 1 N–H and O–H groups in total. The highest BCUT2D eigenvalue weighted by atomic mass is 127. The lowest BCUT2D eigenvalue weighted by Gasteiger charge is -2.05. The van der Waals surface area contributed by atoms with Crippen molar-refractivity contribution in [3.8, 4) is 0 Å². The van der Waals surface area contributed by atoms with Gasteiger partial charge in [0.1, 0.15) is 0 Å². The second-order valence-electron chi connectivity index (χ2n) is 4.12. The van der Waals surface area contributed by atoms with Crippen LogP contribution in [0, 0.1) is 3.57 Å². The minimum Gasteiger partial charge on any atom is -0.381 e. The van der Waals surface area contributed by atoms with Gasteiger partial charge in [-0.2, -0.15) is 0 Å². The third-order valence-corrected chi connectivity index (χ3v) is 4.62. The number of hydrogen-bond donors (Lipinski definition) is 1. The monoisotopic (exact) mass is 365 g/mol. The minimum absolute atomic E-state index is 0.880. The first-order chi connectivity index (χ1) is 8.83. The molecule has 3 rings (SSSR count). The van der Waals surface area contributed by atoms with E-state index in [9.17, 15) is 0 Å². The van der Waals surface area contributed by atoms with Crippen molar-refractivity contribution >= 4 is 49.7 Å². The summed E-state index contributed by atoms with van der Waals surface area (Å²) < 4.78 is 2.62. The van der Waals surface area contributed by atoms with Gasteiger partial charge in [-0.3, -0.25) is 0 Å². The maximum absolute atomic E-state index is 3.47. The van der Waals surface area contributed by atoms with E-state index in [1.165, 1.54) is 24.9 Å². The van der Waals surface area contributed by atoms with Gasteiger partial charge in [0, 0.05) is 20.5 Å². The number of nitrogens with one attached hydrogen (secondary N) is 1. The Kier molecular flexibility index (Phi) is 3.52. The molecule has 18 heavy (non-hydrogen) atoms. The Morgan fingerprint density at radius 2 is 1.78 bits per heavy atom. The van der Waals surface area contributed by atoms with Crippen molar-refractivity contribution in [3.05, 3.63) is 63.0 Å². The SMILES string of the molecule is Ic1ccc(NCc2csc3ccccc23)cc1. The van der Waals surface area contributed by atoms with E-state index in [-0.39, 0.29) is 0 Å². The smallest absolute Gasteiger partial charge is 0.0415 e. The summed E-state index contributed by atoms with van der Waals surface area (Å²) >= 11 is 4.13. The second-order valence-corrected chi connectivity index (χ2v) is 6.27. The summed E-state index contributed by atoms with van der Waals surface area (Å²) in [7, 11) is 0. The van der Waals surface area contributed by atoms with Crippen LogP contribution in [-0.4, -0.2) is 0 Å². The largest absolute Gasteiger partial charge is 0.381 e. The van der Waals surface area contributed by atoms with Crippen LogP contribution >= 0.6 is 33.9 Å². The van der Waals surface area contributed by atoms with E-state index in [4.69, 9.17) is 0 Å². The molecule has 3 heteroatoms. The lowest BCUT2D eigenvalue weighted by molar-refractivity contribution is 1.18. The number of hydrogen-bond acceptors (Lipinski definition) is 2. The number of benzene rings is 2. The van der Waals surface area contributed by atoms with Gasteiger partial charge in [0.2, 0.25) is 0 Å². The molecule has 0 aliphatic heterocycles. The molecule has 0 aliphatic rings. The zero-order chi connectivity index (χ0) is 12.4. The molecule has 1 nitrogen and oxygen atoms in total. The van der Waals surface area contributed by atoms with Crippen molar-refractivity contribution in [3.63, 3.8) is 0 Å². The van der Waals surface area contributed by atoms with Crippen molar-refractivity contribution in [1.29, 1.82) is 0 Å². The topological polar surface area (TPSA) is 12.0 Å². The summed E-state index contributed by atoms with van der Waals surface area (Å²) in [5.41, 5.74) is 2.54. The maximum atomic E-state index is 3.47. The highest BCUT2D eigenvalue weighted by Crippen LogP contribution is 2.26. The van der Waals surface area contributed by atoms with Crippen LogP contribution in [0.15, 0.2) is 53.9 Å². The van der Waals surface area contributed by atoms with Gasteiger partial charge in [-0.05, 0) is 69.3 Å². The third-order valence-electron chi connectivity index (χ3n) is 2.89. The predicted octanol–water partition coefficient (Wildman–Crippen LogP) is 5.12. The molecule has 0 radical (unpaired) electrons. The number of fused-ring (bicyclic) bond motifs is 1. The lowest BCUT2D eigenvalue weighted by atomic mass is 10.2. The van der Waals surface area contributed by atoms with E-state index < -0.39 is 0 Å². The van der Waals surface area contributed by atoms with Crippen LogP contribution in [0.5, 0.6) is 0 Å². The van der Waals surface area contributed by atoms with Crippen LogP contribution < -0.4 is 5.32 Å². The average Bonchev–Trinajstić information content (AvgIpc) is 2.82. The standard InChI is InChI=1S/C15H12INS/c16-12-5-7-13(8-6-12)17-9-11-10-18-15-4-2-1-3-14(11)15/h1-8,10,17H,9H2. The first-order valence-corrected chi connectivity index (χ1v) is 7.73. The summed E-state index contributed by atoms with van der Waals surface area (Å²) in [4.78, 5) is 0. The number of anilines is 1. The Morgan fingerprint density at radius 1 is 1.00 bits per heavy atom. The number of halogens is 1. The zero-order valence-corrected chi connectivity index (χ0v) is 12.7. The van der Waals surface area contributed by atoms with E-state index in [1.54, 1.807) is 0 Å². The van der Waals surface area contributed by atoms with E-state index >= 15 is 0 Å². The highest BCUT2D eigenvalue weighted by molar-refractivity contribution is 14.1. The number of rotatable bonds is 3. The Labute approximate surface area is 124 Å². The van der Waals surface area contributed by atoms with E-state index in [1.807, 2.05) is 11.3 Å². The number of thiophene rings is 1. The Balaban J connectivity index is 1.79. The maximum Gasteiger partial charge on any atom is 0.0415 e. The minimum atomic E-state index is 0.880. The van der Waals surface area contributed by atoms with Crippen LogP contribution in [0.4, 0.5) is 5.69 Å². The quantitative estimate of drug-likeness (QED) is 0.636. The molecule has 2 aromatic carbocycles. The molecule has 0 saturated carbocycles. The summed E-state index contributed by atoms with van der Waals surface area (Å²) in [6, 6.07) is 17.0. The predicted molar refractivity (Wildman–Crippen MR) is 88.3 cm³/mol. The molecule has 0 bridgehead atoms. The molecule has 3 aromatic rings. The molecule has 1 heterocycles. The van der Waals surface area contributed by atoms with Crippen LogP contribution in [0.1, 0.15) is 5.56 Å². The van der Waals surface area contributed by atoms with E-state index in [2.05, 4.69) is 81.8 Å².